The van der Waals surface area contributed by atoms with Crippen molar-refractivity contribution in [2.75, 3.05) is 20.3 Å². The normalized spacial score (nSPS) is 13.5. The quantitative estimate of drug-likeness (QED) is 0.189. The molecule has 0 aromatic heterocycles. The maximum Gasteiger partial charge on any atom is 0.306 e. The van der Waals surface area contributed by atoms with Gasteiger partial charge in [0.25, 0.3) is 0 Å². The minimum absolute atomic E-state index is 0.00706. The summed E-state index contributed by atoms with van der Waals surface area (Å²) >= 11 is 0. The Balaban J connectivity index is 1.38. The predicted octanol–water partition coefficient (Wildman–Crippen LogP) is 6.10. The van der Waals surface area contributed by atoms with E-state index in [1.54, 1.807) is 14.0 Å². The molecule has 210 valence electrons. The van der Waals surface area contributed by atoms with Crippen molar-refractivity contribution in [3.05, 3.63) is 119 Å². The third-order valence-electron chi connectivity index (χ3n) is 7.64. The van der Waals surface area contributed by atoms with Crippen LogP contribution in [0.5, 0.6) is 11.5 Å². The van der Waals surface area contributed by atoms with Gasteiger partial charge < -0.3 is 19.3 Å². The van der Waals surface area contributed by atoms with Crippen LogP contribution < -0.4 is 9.47 Å². The van der Waals surface area contributed by atoms with Crippen LogP contribution in [0.25, 0.3) is 11.1 Å². The number of aliphatic hydroxyl groups excluding tert-OH is 1. The van der Waals surface area contributed by atoms with Crippen LogP contribution in [0.2, 0.25) is 0 Å². The minimum Gasteiger partial charge on any atom is -0.497 e. The molecule has 0 fully saturated rings. The molecule has 1 atom stereocenters. The van der Waals surface area contributed by atoms with E-state index in [0.717, 1.165) is 16.9 Å². The Morgan fingerprint density at radius 1 is 0.732 bits per heavy atom. The highest BCUT2D eigenvalue weighted by Gasteiger charge is 2.45. The van der Waals surface area contributed by atoms with Crippen LogP contribution in [0, 0.1) is 0 Å². The first-order valence-electron chi connectivity index (χ1n) is 13.9. The van der Waals surface area contributed by atoms with Gasteiger partial charge >= 0.3 is 5.97 Å². The highest BCUT2D eigenvalue weighted by Crippen LogP contribution is 2.56. The van der Waals surface area contributed by atoms with Crippen LogP contribution in [0.1, 0.15) is 48.4 Å². The van der Waals surface area contributed by atoms with Crippen LogP contribution in [0.15, 0.2) is 97.1 Å². The molecule has 0 amide bonds. The van der Waals surface area contributed by atoms with Crippen LogP contribution in [-0.4, -0.2) is 43.3 Å². The van der Waals surface area contributed by atoms with Crippen molar-refractivity contribution in [3.63, 3.8) is 0 Å². The van der Waals surface area contributed by atoms with E-state index in [4.69, 9.17) is 14.2 Å². The largest absolute Gasteiger partial charge is 0.497 e. The van der Waals surface area contributed by atoms with Gasteiger partial charge in [0.1, 0.15) is 36.6 Å². The number of ketones is 1. The standard InChI is InChI=1S/C35H34O6/c1-3-26(36)16-21-34(38)41-23-27(37)22-40-29-19-14-25(15-20-29)35(24-12-17-28(39-2)18-13-24)32-10-6-4-8-30(32)31-9-5-7-11-33(31)35/h4-15,17-20,27,37H,3,16,21-23H2,1-2H3. The number of rotatable bonds is 12. The van der Waals surface area contributed by atoms with E-state index in [0.29, 0.717) is 12.2 Å². The summed E-state index contributed by atoms with van der Waals surface area (Å²) in [4.78, 5) is 23.2. The molecule has 1 unspecified atom stereocenters. The summed E-state index contributed by atoms with van der Waals surface area (Å²) in [5.41, 5.74) is 6.50. The third kappa shape index (κ3) is 5.61. The second-order valence-electron chi connectivity index (χ2n) is 10.1. The molecule has 41 heavy (non-hydrogen) atoms. The first kappa shape index (κ1) is 28.1. The van der Waals surface area contributed by atoms with Gasteiger partial charge in [-0.1, -0.05) is 79.7 Å². The molecule has 4 aromatic carbocycles. The number of hydrogen-bond donors (Lipinski definition) is 1. The van der Waals surface area contributed by atoms with Crippen molar-refractivity contribution in [2.24, 2.45) is 0 Å². The Morgan fingerprint density at radius 2 is 1.27 bits per heavy atom. The predicted molar refractivity (Wildman–Crippen MR) is 157 cm³/mol. The molecule has 0 aliphatic heterocycles. The molecule has 6 nitrogen and oxygen atoms in total. The Bertz CT molecular complexity index is 1460. The molecule has 1 N–H and O–H groups in total. The second-order valence-corrected chi connectivity index (χ2v) is 10.1. The molecule has 0 spiro atoms. The van der Waals surface area contributed by atoms with Gasteiger partial charge in [0.15, 0.2) is 0 Å². The molecule has 0 bridgehead atoms. The molecule has 6 heteroatoms. The SMILES string of the molecule is CCC(=O)CCC(=O)OCC(O)COc1ccc(C2(c3ccc(OC)cc3)c3ccccc3-c3ccccc32)cc1. The number of esters is 1. The number of carbonyl (C=O) groups is 2. The highest BCUT2D eigenvalue weighted by molar-refractivity contribution is 5.86. The number of Topliss-reactive ketones (excluding diaryl/α,β-unsaturated/α-hetero) is 1. The summed E-state index contributed by atoms with van der Waals surface area (Å²) in [5.74, 6) is 0.895. The lowest BCUT2D eigenvalue weighted by Crippen LogP contribution is -2.28. The molecule has 4 aromatic rings. The lowest BCUT2D eigenvalue weighted by Gasteiger charge is -2.34. The van der Waals surface area contributed by atoms with E-state index < -0.39 is 17.5 Å². The average molecular weight is 551 g/mol. The van der Waals surface area contributed by atoms with Crippen LogP contribution in [-0.2, 0) is 19.7 Å². The van der Waals surface area contributed by atoms with E-state index in [-0.39, 0.29) is 31.8 Å². The first-order chi connectivity index (χ1) is 20.0. The smallest absolute Gasteiger partial charge is 0.306 e. The van der Waals surface area contributed by atoms with Gasteiger partial charge in [-0.05, 0) is 57.6 Å². The zero-order chi connectivity index (χ0) is 28.8. The lowest BCUT2D eigenvalue weighted by atomic mass is 9.68. The van der Waals surface area contributed by atoms with Crippen molar-refractivity contribution in [1.29, 1.82) is 0 Å². The van der Waals surface area contributed by atoms with Gasteiger partial charge in [-0.2, -0.15) is 0 Å². The first-order valence-corrected chi connectivity index (χ1v) is 13.9. The molecule has 1 aliphatic carbocycles. The fourth-order valence-electron chi connectivity index (χ4n) is 5.59. The lowest BCUT2D eigenvalue weighted by molar-refractivity contribution is -0.148. The monoisotopic (exact) mass is 550 g/mol. The summed E-state index contributed by atoms with van der Waals surface area (Å²) in [6.07, 6.45) is -0.423. The van der Waals surface area contributed by atoms with Crippen molar-refractivity contribution >= 4 is 11.8 Å². The van der Waals surface area contributed by atoms with Gasteiger partial charge in [0.2, 0.25) is 0 Å². The number of hydrogen-bond acceptors (Lipinski definition) is 6. The third-order valence-corrected chi connectivity index (χ3v) is 7.64. The Kier molecular flexibility index (Phi) is 8.50. The fourth-order valence-corrected chi connectivity index (χ4v) is 5.59. The van der Waals surface area contributed by atoms with E-state index in [2.05, 4.69) is 72.8 Å². The van der Waals surface area contributed by atoms with Gasteiger partial charge in [-0.15, -0.1) is 0 Å². The minimum atomic E-state index is -0.986. The van der Waals surface area contributed by atoms with E-state index in [1.165, 1.54) is 22.3 Å². The number of fused-ring (bicyclic) bond motifs is 3. The molecule has 5 rings (SSSR count). The van der Waals surface area contributed by atoms with Crippen molar-refractivity contribution in [1.82, 2.24) is 0 Å². The molecular weight excluding hydrogens is 516 g/mol. The van der Waals surface area contributed by atoms with Gasteiger partial charge in [0, 0.05) is 12.8 Å². The molecule has 0 saturated heterocycles. The average Bonchev–Trinajstić information content (AvgIpc) is 3.33. The summed E-state index contributed by atoms with van der Waals surface area (Å²) < 4.78 is 16.4. The summed E-state index contributed by atoms with van der Waals surface area (Å²) in [6.45, 7) is 1.53. The Labute approximate surface area is 240 Å². The van der Waals surface area contributed by atoms with Crippen LogP contribution >= 0.6 is 0 Å². The summed E-state index contributed by atoms with van der Waals surface area (Å²) in [6, 6.07) is 33.2. The van der Waals surface area contributed by atoms with Crippen molar-refractivity contribution in [2.45, 2.75) is 37.7 Å². The zero-order valence-electron chi connectivity index (χ0n) is 23.3. The number of ether oxygens (including phenoxy) is 3. The summed E-state index contributed by atoms with van der Waals surface area (Å²) in [5, 5.41) is 10.3. The molecule has 0 radical (unpaired) electrons. The maximum absolute atomic E-state index is 11.8. The second kappa shape index (κ2) is 12.4. The van der Waals surface area contributed by atoms with Crippen LogP contribution in [0.3, 0.4) is 0 Å². The van der Waals surface area contributed by atoms with Crippen LogP contribution in [0.4, 0.5) is 0 Å². The number of methoxy groups -OCH3 is 1. The fraction of sp³-hybridized carbons (Fsp3) is 0.257. The Hall–Kier alpha value is -4.42. The van der Waals surface area contributed by atoms with Gasteiger partial charge in [0.05, 0.1) is 18.9 Å². The number of aliphatic hydroxyl groups is 1. The molecule has 0 heterocycles. The van der Waals surface area contributed by atoms with Crippen molar-refractivity contribution < 1.29 is 28.9 Å². The maximum atomic E-state index is 11.8. The topological polar surface area (TPSA) is 82.1 Å². The van der Waals surface area contributed by atoms with Crippen molar-refractivity contribution in [3.8, 4) is 22.6 Å². The van der Waals surface area contributed by atoms with E-state index in [9.17, 15) is 14.7 Å². The summed E-state index contributed by atoms with van der Waals surface area (Å²) in [7, 11) is 1.67. The van der Waals surface area contributed by atoms with Gasteiger partial charge in [-0.25, -0.2) is 0 Å². The Morgan fingerprint density at radius 3 is 1.80 bits per heavy atom. The molecule has 1 aliphatic rings. The molecule has 0 saturated carbocycles. The highest BCUT2D eigenvalue weighted by atomic mass is 16.5. The van der Waals surface area contributed by atoms with Gasteiger partial charge in [-0.3, -0.25) is 9.59 Å². The zero-order valence-corrected chi connectivity index (χ0v) is 23.3. The number of carbonyl (C=O) groups excluding carboxylic acids is 2. The van der Waals surface area contributed by atoms with E-state index in [1.807, 2.05) is 24.3 Å². The molecular formula is C35H34O6. The van der Waals surface area contributed by atoms with E-state index >= 15 is 0 Å². The number of benzene rings is 4.